The zero-order valence-electron chi connectivity index (χ0n) is 12.5. The first-order chi connectivity index (χ1) is 8.98. The number of nitro groups is 1. The van der Waals surface area contributed by atoms with Crippen molar-refractivity contribution in [2.75, 3.05) is 13.2 Å². The van der Waals surface area contributed by atoms with Crippen LogP contribution in [0.15, 0.2) is 0 Å². The minimum absolute atomic E-state index is 0.182. The van der Waals surface area contributed by atoms with E-state index in [2.05, 4.69) is 5.32 Å². The zero-order valence-corrected chi connectivity index (χ0v) is 12.5. The van der Waals surface area contributed by atoms with E-state index in [-0.39, 0.29) is 6.61 Å². The number of hydrogen-bond acceptors (Lipinski definition) is 6. The van der Waals surface area contributed by atoms with E-state index in [1.54, 1.807) is 34.6 Å². The summed E-state index contributed by atoms with van der Waals surface area (Å²) in [4.78, 5) is 21.9. The van der Waals surface area contributed by atoms with Gasteiger partial charge in [-0.25, -0.2) is 4.79 Å². The Kier molecular flexibility index (Phi) is 4.93. The van der Waals surface area contributed by atoms with Crippen LogP contribution in [0.2, 0.25) is 0 Å². The Hall–Kier alpha value is -1.41. The summed E-state index contributed by atoms with van der Waals surface area (Å²) in [6.45, 7) is 8.30. The quantitative estimate of drug-likeness (QED) is 0.619. The molecule has 20 heavy (non-hydrogen) atoms. The molecule has 0 aromatic heterocycles. The van der Waals surface area contributed by atoms with Crippen LogP contribution in [0.3, 0.4) is 0 Å². The van der Waals surface area contributed by atoms with Gasteiger partial charge in [0.05, 0.1) is 6.61 Å². The molecule has 0 saturated carbocycles. The van der Waals surface area contributed by atoms with E-state index < -0.39 is 41.1 Å². The third-order valence-corrected chi connectivity index (χ3v) is 2.53. The summed E-state index contributed by atoms with van der Waals surface area (Å²) in [5.74, 6) is -0.810. The Bertz CT molecular complexity index is 377. The first-order valence-electron chi connectivity index (χ1n) is 6.41. The number of nitrogens with zero attached hydrogens (tertiary/aromatic N) is 1. The number of carbonyl (C=O) groups is 1. The minimum atomic E-state index is -0.810. The van der Waals surface area contributed by atoms with Crippen LogP contribution in [0.5, 0.6) is 0 Å². The third kappa shape index (κ3) is 5.70. The van der Waals surface area contributed by atoms with Gasteiger partial charge >= 0.3 is 6.09 Å². The summed E-state index contributed by atoms with van der Waals surface area (Å²) in [7, 11) is 0. The monoisotopic (exact) mass is 290 g/mol. The Labute approximate surface area is 117 Å². The van der Waals surface area contributed by atoms with E-state index >= 15 is 0 Å². The zero-order chi connectivity index (χ0) is 15.6. The van der Waals surface area contributed by atoms with Gasteiger partial charge in [0.1, 0.15) is 17.7 Å². The van der Waals surface area contributed by atoms with Gasteiger partial charge in [0.15, 0.2) is 5.79 Å². The molecule has 8 nitrogen and oxygen atoms in total. The topological polar surface area (TPSA) is 99.9 Å². The maximum absolute atomic E-state index is 11.7. The standard InChI is InChI=1S/C12H22N2O6/c1-11(2,3)20-10(15)13-8(6-14(16)17)9-7-18-12(4,5)19-9/h8-9H,6-7H2,1-5H3,(H,13,15)/t8-,9+/m0/s1. The smallest absolute Gasteiger partial charge is 0.408 e. The number of amides is 1. The normalized spacial score (nSPS) is 23.1. The second-order valence-electron chi connectivity index (χ2n) is 6.14. The molecule has 116 valence electrons. The summed E-state index contributed by atoms with van der Waals surface area (Å²) < 4.78 is 16.0. The summed E-state index contributed by atoms with van der Waals surface area (Å²) in [6, 6.07) is -0.804. The van der Waals surface area contributed by atoms with Crippen LogP contribution in [0.1, 0.15) is 34.6 Å². The SMILES string of the molecule is CC(C)(C)OC(=O)N[C@@H](C[N+](=O)[O-])[C@H]1COC(C)(C)O1. The van der Waals surface area contributed by atoms with E-state index in [1.807, 2.05) is 0 Å². The summed E-state index contributed by atoms with van der Waals surface area (Å²) >= 11 is 0. The molecule has 0 unspecified atom stereocenters. The highest BCUT2D eigenvalue weighted by Gasteiger charge is 2.40. The van der Waals surface area contributed by atoms with Crippen molar-refractivity contribution in [1.29, 1.82) is 0 Å². The van der Waals surface area contributed by atoms with E-state index in [0.717, 1.165) is 0 Å². The third-order valence-electron chi connectivity index (χ3n) is 2.53. The van der Waals surface area contributed by atoms with E-state index in [9.17, 15) is 14.9 Å². The summed E-state index contributed by atoms with van der Waals surface area (Å²) in [5, 5.41) is 13.2. The van der Waals surface area contributed by atoms with E-state index in [1.165, 1.54) is 0 Å². The van der Waals surface area contributed by atoms with Crippen LogP contribution in [-0.4, -0.2) is 47.7 Å². The van der Waals surface area contributed by atoms with Crippen molar-refractivity contribution >= 4 is 6.09 Å². The maximum Gasteiger partial charge on any atom is 0.408 e. The van der Waals surface area contributed by atoms with Gasteiger partial charge in [0.25, 0.3) is 0 Å². The fourth-order valence-electron chi connectivity index (χ4n) is 1.79. The Morgan fingerprint density at radius 3 is 2.55 bits per heavy atom. The minimum Gasteiger partial charge on any atom is -0.444 e. The van der Waals surface area contributed by atoms with E-state index in [4.69, 9.17) is 14.2 Å². The molecule has 0 aromatic rings. The lowest BCUT2D eigenvalue weighted by atomic mass is 10.1. The van der Waals surface area contributed by atoms with Crippen molar-refractivity contribution in [2.24, 2.45) is 0 Å². The molecular weight excluding hydrogens is 268 g/mol. The molecule has 1 aliphatic rings. The van der Waals surface area contributed by atoms with Gasteiger partial charge in [-0.2, -0.15) is 0 Å². The highest BCUT2D eigenvalue weighted by Crippen LogP contribution is 2.24. The molecule has 0 radical (unpaired) electrons. The van der Waals surface area contributed by atoms with Gasteiger partial charge < -0.3 is 19.5 Å². The molecule has 0 bridgehead atoms. The molecule has 0 aromatic carbocycles. The Morgan fingerprint density at radius 1 is 1.55 bits per heavy atom. The molecule has 1 saturated heterocycles. The van der Waals surface area contributed by atoms with Gasteiger partial charge in [-0.3, -0.25) is 10.1 Å². The van der Waals surface area contributed by atoms with Crippen molar-refractivity contribution in [1.82, 2.24) is 5.32 Å². The van der Waals surface area contributed by atoms with Gasteiger partial charge in [-0.1, -0.05) is 0 Å². The second kappa shape index (κ2) is 5.92. The van der Waals surface area contributed by atoms with Gasteiger partial charge in [-0.15, -0.1) is 0 Å². The molecule has 1 aliphatic heterocycles. The molecule has 8 heteroatoms. The maximum atomic E-state index is 11.7. The van der Waals surface area contributed by atoms with Crippen LogP contribution in [0.4, 0.5) is 4.79 Å². The predicted octanol–water partition coefficient (Wildman–Crippen LogP) is 1.31. The molecule has 1 rings (SSSR count). The van der Waals surface area contributed by atoms with Crippen molar-refractivity contribution in [3.8, 4) is 0 Å². The predicted molar refractivity (Wildman–Crippen MR) is 69.9 cm³/mol. The summed E-state index contributed by atoms with van der Waals surface area (Å²) in [6.07, 6.45) is -1.29. The number of rotatable bonds is 4. The Balaban J connectivity index is 2.66. The van der Waals surface area contributed by atoms with Crippen molar-refractivity contribution in [3.05, 3.63) is 10.1 Å². The molecule has 1 amide bonds. The van der Waals surface area contributed by atoms with Crippen molar-refractivity contribution in [3.63, 3.8) is 0 Å². The number of ether oxygens (including phenoxy) is 3. The first kappa shape index (κ1) is 16.6. The van der Waals surface area contributed by atoms with Crippen LogP contribution < -0.4 is 5.32 Å². The van der Waals surface area contributed by atoms with Gasteiger partial charge in [0, 0.05) is 4.92 Å². The first-order valence-corrected chi connectivity index (χ1v) is 6.41. The number of hydrogen-bond donors (Lipinski definition) is 1. The lowest BCUT2D eigenvalue weighted by molar-refractivity contribution is -0.485. The van der Waals surface area contributed by atoms with Crippen LogP contribution in [-0.2, 0) is 14.2 Å². The van der Waals surface area contributed by atoms with Gasteiger partial charge in [0.2, 0.25) is 6.54 Å². The van der Waals surface area contributed by atoms with Crippen LogP contribution >= 0.6 is 0 Å². The fourth-order valence-corrected chi connectivity index (χ4v) is 1.79. The van der Waals surface area contributed by atoms with Crippen LogP contribution in [0.25, 0.3) is 0 Å². The highest BCUT2D eigenvalue weighted by atomic mass is 16.7. The lowest BCUT2D eigenvalue weighted by Crippen LogP contribution is -2.50. The number of nitrogens with one attached hydrogen (secondary N) is 1. The molecule has 1 fully saturated rings. The average molecular weight is 290 g/mol. The van der Waals surface area contributed by atoms with Gasteiger partial charge in [-0.05, 0) is 34.6 Å². The molecule has 2 atom stereocenters. The van der Waals surface area contributed by atoms with Crippen LogP contribution in [0, 0.1) is 10.1 Å². The van der Waals surface area contributed by atoms with Crippen molar-refractivity contribution in [2.45, 2.75) is 58.2 Å². The molecule has 1 N–H and O–H groups in total. The van der Waals surface area contributed by atoms with Crippen molar-refractivity contribution < 1.29 is 23.9 Å². The second-order valence-corrected chi connectivity index (χ2v) is 6.14. The summed E-state index contributed by atoms with van der Waals surface area (Å²) in [5.41, 5.74) is -0.671. The molecule has 0 spiro atoms. The number of carbonyl (C=O) groups excluding carboxylic acids is 1. The Morgan fingerprint density at radius 2 is 2.15 bits per heavy atom. The molecule has 0 aliphatic carbocycles. The lowest BCUT2D eigenvalue weighted by Gasteiger charge is -2.25. The molecule has 1 heterocycles. The fraction of sp³-hybridized carbons (Fsp3) is 0.917. The molecular formula is C12H22N2O6. The van der Waals surface area contributed by atoms with E-state index in [0.29, 0.717) is 0 Å². The largest absolute Gasteiger partial charge is 0.444 e. The number of alkyl carbamates (subject to hydrolysis) is 1. The highest BCUT2D eigenvalue weighted by molar-refractivity contribution is 5.68. The average Bonchev–Trinajstić information content (AvgIpc) is 2.54.